The summed E-state index contributed by atoms with van der Waals surface area (Å²) in [4.78, 5) is 14.0. The van der Waals surface area contributed by atoms with Crippen LogP contribution in [0, 0.1) is 5.82 Å². The van der Waals surface area contributed by atoms with Crippen molar-refractivity contribution in [3.8, 4) is 5.75 Å². The van der Waals surface area contributed by atoms with Gasteiger partial charge in [-0.2, -0.15) is 0 Å². The molecule has 0 radical (unpaired) electrons. The lowest BCUT2D eigenvalue weighted by Crippen LogP contribution is -2.29. The Kier molecular flexibility index (Phi) is 3.14. The first-order valence-corrected chi connectivity index (χ1v) is 6.44. The summed E-state index contributed by atoms with van der Waals surface area (Å²) in [5, 5.41) is 0. The Morgan fingerprint density at radius 3 is 2.65 bits per heavy atom. The number of halogens is 1. The van der Waals surface area contributed by atoms with Gasteiger partial charge in [0.2, 0.25) is 0 Å². The number of anilines is 1. The number of carbonyl (C=O) groups is 1. The van der Waals surface area contributed by atoms with E-state index in [0.29, 0.717) is 30.0 Å². The van der Waals surface area contributed by atoms with Crippen LogP contribution in [-0.2, 0) is 6.42 Å². The minimum atomic E-state index is -0.345. The molecule has 1 heterocycles. The molecule has 102 valence electrons. The van der Waals surface area contributed by atoms with Gasteiger partial charge in [-0.15, -0.1) is 0 Å². The first-order chi connectivity index (χ1) is 9.70. The third-order valence-electron chi connectivity index (χ3n) is 3.53. The molecular formula is C16H14FNO2. The number of benzene rings is 2. The van der Waals surface area contributed by atoms with Gasteiger partial charge in [-0.3, -0.25) is 4.79 Å². The highest BCUT2D eigenvalue weighted by atomic mass is 19.1. The molecule has 0 saturated heterocycles. The van der Waals surface area contributed by atoms with E-state index in [4.69, 9.17) is 4.74 Å². The van der Waals surface area contributed by atoms with Crippen LogP contribution in [0.5, 0.6) is 5.75 Å². The quantitative estimate of drug-likeness (QED) is 0.840. The fourth-order valence-electron chi connectivity index (χ4n) is 2.50. The van der Waals surface area contributed by atoms with Gasteiger partial charge >= 0.3 is 0 Å². The number of hydrogen-bond donors (Lipinski definition) is 0. The molecule has 20 heavy (non-hydrogen) atoms. The predicted molar refractivity (Wildman–Crippen MR) is 74.8 cm³/mol. The first kappa shape index (κ1) is 12.7. The number of carbonyl (C=O) groups excluding carboxylic acids is 1. The molecule has 4 heteroatoms. The van der Waals surface area contributed by atoms with Crippen molar-refractivity contribution in [3.63, 3.8) is 0 Å². The molecule has 0 N–H and O–H groups in total. The van der Waals surface area contributed by atoms with Crippen LogP contribution in [-0.4, -0.2) is 19.6 Å². The zero-order chi connectivity index (χ0) is 14.1. The molecule has 1 aliphatic rings. The molecule has 0 aromatic heterocycles. The maximum atomic E-state index is 13.9. The minimum absolute atomic E-state index is 0.184. The Labute approximate surface area is 116 Å². The first-order valence-electron chi connectivity index (χ1n) is 6.44. The molecule has 3 nitrogen and oxygen atoms in total. The van der Waals surface area contributed by atoms with Crippen molar-refractivity contribution < 1.29 is 13.9 Å². The number of methoxy groups -OCH3 is 1. The number of ether oxygens (including phenoxy) is 1. The molecule has 3 rings (SSSR count). The van der Waals surface area contributed by atoms with Gasteiger partial charge in [-0.25, -0.2) is 4.39 Å². The van der Waals surface area contributed by atoms with Crippen molar-refractivity contribution in [2.75, 3.05) is 18.6 Å². The topological polar surface area (TPSA) is 29.5 Å². The van der Waals surface area contributed by atoms with Crippen molar-refractivity contribution in [3.05, 3.63) is 59.4 Å². The predicted octanol–water partition coefficient (Wildman–Crippen LogP) is 3.04. The standard InChI is InChI=1S/C16H14FNO2/c1-20-13-7-5-12(6-8-13)16(19)18-10-9-11-3-2-4-14(17)15(11)18/h2-8H,9-10H2,1H3. The van der Waals surface area contributed by atoms with Crippen molar-refractivity contribution in [1.29, 1.82) is 0 Å². The summed E-state index contributed by atoms with van der Waals surface area (Å²) < 4.78 is 19.0. The van der Waals surface area contributed by atoms with E-state index in [9.17, 15) is 9.18 Å². The van der Waals surface area contributed by atoms with E-state index in [-0.39, 0.29) is 11.7 Å². The number of amides is 1. The van der Waals surface area contributed by atoms with Gasteiger partial charge in [-0.05, 0) is 42.3 Å². The summed E-state index contributed by atoms with van der Waals surface area (Å²) in [6, 6.07) is 11.8. The van der Waals surface area contributed by atoms with E-state index in [1.807, 2.05) is 6.07 Å². The van der Waals surface area contributed by atoms with Crippen LogP contribution in [0.1, 0.15) is 15.9 Å². The van der Waals surface area contributed by atoms with Gasteiger partial charge < -0.3 is 9.64 Å². The number of fused-ring (bicyclic) bond motifs is 1. The van der Waals surface area contributed by atoms with Crippen molar-refractivity contribution in [1.82, 2.24) is 0 Å². The molecule has 0 fully saturated rings. The van der Waals surface area contributed by atoms with Crippen LogP contribution in [0.25, 0.3) is 0 Å². The largest absolute Gasteiger partial charge is 0.497 e. The van der Waals surface area contributed by atoms with Gasteiger partial charge in [0.1, 0.15) is 11.6 Å². The average Bonchev–Trinajstić information content (AvgIpc) is 2.92. The van der Waals surface area contributed by atoms with Crippen LogP contribution in [0.3, 0.4) is 0 Å². The molecule has 2 aromatic rings. The molecule has 0 atom stereocenters. The van der Waals surface area contributed by atoms with Crippen molar-refractivity contribution >= 4 is 11.6 Å². The van der Waals surface area contributed by atoms with Crippen LogP contribution < -0.4 is 9.64 Å². The van der Waals surface area contributed by atoms with Crippen LogP contribution in [0.2, 0.25) is 0 Å². The van der Waals surface area contributed by atoms with E-state index in [1.54, 1.807) is 37.4 Å². The van der Waals surface area contributed by atoms with E-state index in [1.165, 1.54) is 11.0 Å². The van der Waals surface area contributed by atoms with E-state index < -0.39 is 0 Å². The summed E-state index contributed by atoms with van der Waals surface area (Å²) in [6.45, 7) is 0.515. The molecular weight excluding hydrogens is 257 g/mol. The van der Waals surface area contributed by atoms with Crippen molar-refractivity contribution in [2.45, 2.75) is 6.42 Å². The summed E-state index contributed by atoms with van der Waals surface area (Å²) >= 11 is 0. The molecule has 1 aliphatic heterocycles. The lowest BCUT2D eigenvalue weighted by Gasteiger charge is -2.18. The SMILES string of the molecule is COc1ccc(C(=O)N2CCc3cccc(F)c32)cc1. The molecule has 0 saturated carbocycles. The number of para-hydroxylation sites is 1. The Morgan fingerprint density at radius 1 is 1.20 bits per heavy atom. The fourth-order valence-corrected chi connectivity index (χ4v) is 2.50. The van der Waals surface area contributed by atoms with Gasteiger partial charge in [0.05, 0.1) is 12.8 Å². The molecule has 2 aromatic carbocycles. The van der Waals surface area contributed by atoms with E-state index in [2.05, 4.69) is 0 Å². The van der Waals surface area contributed by atoms with Gasteiger partial charge in [-0.1, -0.05) is 12.1 Å². The van der Waals surface area contributed by atoms with Gasteiger partial charge in [0.25, 0.3) is 5.91 Å². The summed E-state index contributed by atoms with van der Waals surface area (Å²) in [7, 11) is 1.57. The second kappa shape index (κ2) is 4.96. The Morgan fingerprint density at radius 2 is 1.95 bits per heavy atom. The zero-order valence-electron chi connectivity index (χ0n) is 11.1. The van der Waals surface area contributed by atoms with Crippen LogP contribution in [0.15, 0.2) is 42.5 Å². The minimum Gasteiger partial charge on any atom is -0.497 e. The second-order valence-electron chi connectivity index (χ2n) is 4.68. The Hall–Kier alpha value is -2.36. The normalized spacial score (nSPS) is 13.2. The maximum absolute atomic E-state index is 13.9. The molecule has 1 amide bonds. The number of hydrogen-bond acceptors (Lipinski definition) is 2. The molecule has 0 spiro atoms. The summed E-state index contributed by atoms with van der Waals surface area (Å²) in [6.07, 6.45) is 0.689. The molecule has 0 unspecified atom stereocenters. The molecule has 0 bridgehead atoms. The number of nitrogens with zero attached hydrogens (tertiary/aromatic N) is 1. The Bertz CT molecular complexity index is 652. The third-order valence-corrected chi connectivity index (χ3v) is 3.53. The highest BCUT2D eigenvalue weighted by Gasteiger charge is 2.28. The second-order valence-corrected chi connectivity index (χ2v) is 4.68. The summed E-state index contributed by atoms with van der Waals surface area (Å²) in [5.41, 5.74) is 1.82. The highest BCUT2D eigenvalue weighted by Crippen LogP contribution is 2.32. The zero-order valence-corrected chi connectivity index (χ0v) is 11.1. The monoisotopic (exact) mass is 271 g/mol. The van der Waals surface area contributed by atoms with E-state index >= 15 is 0 Å². The van der Waals surface area contributed by atoms with Crippen molar-refractivity contribution in [2.24, 2.45) is 0 Å². The van der Waals surface area contributed by atoms with Crippen LogP contribution >= 0.6 is 0 Å². The molecule has 0 aliphatic carbocycles. The fraction of sp³-hybridized carbons (Fsp3) is 0.188. The smallest absolute Gasteiger partial charge is 0.258 e. The summed E-state index contributed by atoms with van der Waals surface area (Å²) in [5.74, 6) is 0.160. The van der Waals surface area contributed by atoms with Crippen LogP contribution in [0.4, 0.5) is 10.1 Å². The van der Waals surface area contributed by atoms with E-state index in [0.717, 1.165) is 5.56 Å². The highest BCUT2D eigenvalue weighted by molar-refractivity contribution is 6.07. The maximum Gasteiger partial charge on any atom is 0.258 e. The Balaban J connectivity index is 1.93. The van der Waals surface area contributed by atoms with Gasteiger partial charge in [0, 0.05) is 12.1 Å². The lowest BCUT2D eigenvalue weighted by atomic mass is 10.1. The average molecular weight is 271 g/mol. The van der Waals surface area contributed by atoms with Gasteiger partial charge in [0.15, 0.2) is 0 Å². The lowest BCUT2D eigenvalue weighted by molar-refractivity contribution is 0.0988. The number of rotatable bonds is 2. The third kappa shape index (κ3) is 2.03.